The Kier molecular flexibility index (Phi) is 2.88. The van der Waals surface area contributed by atoms with Crippen molar-refractivity contribution >= 4 is 0 Å². The lowest BCUT2D eigenvalue weighted by molar-refractivity contribution is 0.568. The Hall–Kier alpha value is -1.68. The van der Waals surface area contributed by atoms with Crippen molar-refractivity contribution in [2.75, 3.05) is 0 Å². The van der Waals surface area contributed by atoms with Crippen LogP contribution in [0.3, 0.4) is 0 Å². The molecule has 3 nitrogen and oxygen atoms in total. The maximum absolute atomic E-state index is 13.3. The molecule has 0 atom stereocenters. The largest absolute Gasteiger partial charge is 0.444 e. The number of hydrogen-bond acceptors (Lipinski definition) is 3. The summed E-state index contributed by atoms with van der Waals surface area (Å²) in [5.74, 6) is 0.214. The monoisotopic (exact) mass is 246 g/mol. The molecule has 3 rings (SSSR count). The van der Waals surface area contributed by atoms with Gasteiger partial charge >= 0.3 is 0 Å². The molecule has 1 saturated carbocycles. The third-order valence-corrected chi connectivity index (χ3v) is 2.99. The van der Waals surface area contributed by atoms with E-state index in [0.717, 1.165) is 11.3 Å². The number of halogens is 1. The van der Waals surface area contributed by atoms with Gasteiger partial charge in [0.1, 0.15) is 12.1 Å². The van der Waals surface area contributed by atoms with Crippen LogP contribution in [0.4, 0.5) is 4.39 Å². The van der Waals surface area contributed by atoms with Gasteiger partial charge in [-0.05, 0) is 43.5 Å². The first-order chi connectivity index (χ1) is 8.70. The Morgan fingerprint density at radius 1 is 1.39 bits per heavy atom. The highest BCUT2D eigenvalue weighted by atomic mass is 19.1. The van der Waals surface area contributed by atoms with Crippen molar-refractivity contribution in [1.29, 1.82) is 0 Å². The lowest BCUT2D eigenvalue weighted by Crippen LogP contribution is -2.15. The molecule has 0 saturated heterocycles. The Balaban J connectivity index is 1.78. The van der Waals surface area contributed by atoms with Crippen LogP contribution in [0.25, 0.3) is 11.5 Å². The average Bonchev–Trinajstić information content (AvgIpc) is 3.02. The highest BCUT2D eigenvalue weighted by molar-refractivity contribution is 5.54. The Morgan fingerprint density at radius 3 is 2.94 bits per heavy atom. The first kappa shape index (κ1) is 11.4. The Morgan fingerprint density at radius 2 is 2.22 bits per heavy atom. The molecule has 1 aromatic heterocycles. The lowest BCUT2D eigenvalue weighted by Gasteiger charge is -1.99. The van der Waals surface area contributed by atoms with Gasteiger partial charge in [0.05, 0.1) is 5.69 Å². The summed E-state index contributed by atoms with van der Waals surface area (Å²) in [4.78, 5) is 4.37. The molecule has 1 heterocycles. The van der Waals surface area contributed by atoms with Crippen molar-refractivity contribution in [3.63, 3.8) is 0 Å². The van der Waals surface area contributed by atoms with Gasteiger partial charge in [-0.25, -0.2) is 9.37 Å². The molecule has 0 spiro atoms. The molecule has 1 fully saturated rings. The first-order valence-corrected chi connectivity index (χ1v) is 6.16. The smallest absolute Gasteiger partial charge is 0.226 e. The number of rotatable bonds is 4. The second-order valence-electron chi connectivity index (χ2n) is 4.82. The molecule has 18 heavy (non-hydrogen) atoms. The number of oxazole rings is 1. The van der Waals surface area contributed by atoms with Crippen molar-refractivity contribution in [1.82, 2.24) is 10.3 Å². The molecular weight excluding hydrogens is 231 g/mol. The summed E-state index contributed by atoms with van der Waals surface area (Å²) < 4.78 is 18.7. The van der Waals surface area contributed by atoms with E-state index in [9.17, 15) is 4.39 Å². The predicted molar refractivity (Wildman–Crippen MR) is 66.5 cm³/mol. The van der Waals surface area contributed by atoms with Crippen LogP contribution in [0.5, 0.6) is 0 Å². The van der Waals surface area contributed by atoms with Crippen LogP contribution in [0.15, 0.2) is 28.9 Å². The molecule has 1 N–H and O–H groups in total. The molecule has 1 aromatic carbocycles. The van der Waals surface area contributed by atoms with Crippen LogP contribution in [-0.4, -0.2) is 11.0 Å². The van der Waals surface area contributed by atoms with Crippen molar-refractivity contribution < 1.29 is 8.81 Å². The van der Waals surface area contributed by atoms with Crippen LogP contribution in [-0.2, 0) is 6.54 Å². The van der Waals surface area contributed by atoms with Gasteiger partial charge in [0.25, 0.3) is 0 Å². The molecule has 4 heteroatoms. The lowest BCUT2D eigenvalue weighted by atomic mass is 10.1. The van der Waals surface area contributed by atoms with Gasteiger partial charge in [-0.3, -0.25) is 0 Å². The number of hydrogen-bond donors (Lipinski definition) is 1. The number of nitrogens with one attached hydrogen (secondary N) is 1. The van der Waals surface area contributed by atoms with E-state index in [1.54, 1.807) is 6.26 Å². The molecule has 94 valence electrons. The van der Waals surface area contributed by atoms with E-state index < -0.39 is 0 Å². The normalized spacial score (nSPS) is 15.0. The molecule has 1 aliphatic carbocycles. The van der Waals surface area contributed by atoms with Gasteiger partial charge in [0.15, 0.2) is 0 Å². The van der Waals surface area contributed by atoms with Gasteiger partial charge in [-0.15, -0.1) is 0 Å². The summed E-state index contributed by atoms with van der Waals surface area (Å²) in [5.41, 5.74) is 2.41. The number of aryl methyl sites for hydroxylation is 1. The minimum absolute atomic E-state index is 0.263. The minimum Gasteiger partial charge on any atom is -0.444 e. The maximum atomic E-state index is 13.3. The van der Waals surface area contributed by atoms with Gasteiger partial charge in [-0.2, -0.15) is 0 Å². The number of nitrogens with zero attached hydrogens (tertiary/aromatic N) is 1. The number of benzene rings is 1. The second kappa shape index (κ2) is 4.53. The minimum atomic E-state index is -0.263. The fourth-order valence-electron chi connectivity index (χ4n) is 1.92. The average molecular weight is 246 g/mol. The van der Waals surface area contributed by atoms with Crippen LogP contribution in [0, 0.1) is 12.7 Å². The molecule has 0 bridgehead atoms. The van der Waals surface area contributed by atoms with Gasteiger partial charge < -0.3 is 9.73 Å². The fraction of sp³-hybridized carbons (Fsp3) is 0.357. The van der Waals surface area contributed by atoms with Gasteiger partial charge in [0.2, 0.25) is 5.89 Å². The highest BCUT2D eigenvalue weighted by Gasteiger charge is 2.20. The third-order valence-electron chi connectivity index (χ3n) is 2.99. The zero-order chi connectivity index (χ0) is 12.5. The van der Waals surface area contributed by atoms with Crippen LogP contribution < -0.4 is 5.32 Å². The van der Waals surface area contributed by atoms with Crippen LogP contribution >= 0.6 is 0 Å². The number of aromatic nitrogens is 1. The summed E-state index contributed by atoms with van der Waals surface area (Å²) >= 11 is 0. The van der Waals surface area contributed by atoms with Crippen molar-refractivity contribution in [3.05, 3.63) is 41.5 Å². The molecule has 0 amide bonds. The zero-order valence-corrected chi connectivity index (χ0v) is 10.2. The second-order valence-corrected chi connectivity index (χ2v) is 4.82. The van der Waals surface area contributed by atoms with E-state index in [1.807, 2.05) is 13.0 Å². The zero-order valence-electron chi connectivity index (χ0n) is 10.2. The summed E-state index contributed by atoms with van der Waals surface area (Å²) in [6.45, 7) is 2.56. The predicted octanol–water partition coefficient (Wildman–Crippen LogP) is 3.04. The standard InChI is InChI=1S/C14H15FN2O/c1-9-4-10(6-11(15)5-9)14-17-13(8-18-14)7-16-12-2-3-12/h4-6,8,12,16H,2-3,7H2,1H3. The van der Waals surface area contributed by atoms with Crippen molar-refractivity contribution in [2.24, 2.45) is 0 Å². The molecule has 1 aliphatic rings. The molecule has 0 aliphatic heterocycles. The van der Waals surface area contributed by atoms with E-state index in [0.29, 0.717) is 24.0 Å². The topological polar surface area (TPSA) is 38.1 Å². The third kappa shape index (κ3) is 2.59. The first-order valence-electron chi connectivity index (χ1n) is 6.16. The summed E-state index contributed by atoms with van der Waals surface area (Å²) in [6, 6.07) is 5.44. The molecular formula is C14H15FN2O. The highest BCUT2D eigenvalue weighted by Crippen LogP contribution is 2.22. The Bertz CT molecular complexity index is 540. The van der Waals surface area contributed by atoms with E-state index in [4.69, 9.17) is 4.42 Å². The molecule has 0 radical (unpaired) electrons. The fourth-order valence-corrected chi connectivity index (χ4v) is 1.92. The van der Waals surface area contributed by atoms with Crippen molar-refractivity contribution in [3.8, 4) is 11.5 Å². The summed E-state index contributed by atoms with van der Waals surface area (Å²) in [5, 5.41) is 3.36. The van der Waals surface area contributed by atoms with Gasteiger partial charge in [-0.1, -0.05) is 0 Å². The summed E-state index contributed by atoms with van der Waals surface area (Å²) in [6.07, 6.45) is 4.12. The van der Waals surface area contributed by atoms with Crippen LogP contribution in [0.2, 0.25) is 0 Å². The van der Waals surface area contributed by atoms with Crippen molar-refractivity contribution in [2.45, 2.75) is 32.4 Å². The molecule has 0 unspecified atom stereocenters. The van der Waals surface area contributed by atoms with E-state index >= 15 is 0 Å². The SMILES string of the molecule is Cc1cc(F)cc(-c2nc(CNC3CC3)co2)c1. The summed E-state index contributed by atoms with van der Waals surface area (Å²) in [7, 11) is 0. The van der Waals surface area contributed by atoms with E-state index in [1.165, 1.54) is 25.0 Å². The van der Waals surface area contributed by atoms with E-state index in [-0.39, 0.29) is 5.82 Å². The van der Waals surface area contributed by atoms with Crippen LogP contribution in [0.1, 0.15) is 24.1 Å². The van der Waals surface area contributed by atoms with E-state index in [2.05, 4.69) is 10.3 Å². The quantitative estimate of drug-likeness (QED) is 0.901. The van der Waals surface area contributed by atoms with Gasteiger partial charge in [0, 0.05) is 18.2 Å². The molecule has 2 aromatic rings. The maximum Gasteiger partial charge on any atom is 0.226 e. The Labute approximate surface area is 105 Å².